The van der Waals surface area contributed by atoms with Crippen LogP contribution >= 0.6 is 0 Å². The number of fused-ring (bicyclic) bond motifs is 1. The summed E-state index contributed by atoms with van der Waals surface area (Å²) in [4.78, 5) is 13.9. The Kier molecular flexibility index (Phi) is 3.87. The van der Waals surface area contributed by atoms with Gasteiger partial charge in [0.2, 0.25) is 0 Å². The fourth-order valence-electron chi connectivity index (χ4n) is 3.37. The SMILES string of the molecule is CC1=CC(C)(C)N([C@H](C(=O)O)C(C)C)c2ccc(C)cc21. The Morgan fingerprint density at radius 1 is 1.24 bits per heavy atom. The van der Waals surface area contributed by atoms with Crippen molar-refractivity contribution in [2.24, 2.45) is 5.92 Å². The van der Waals surface area contributed by atoms with E-state index in [9.17, 15) is 9.90 Å². The van der Waals surface area contributed by atoms with E-state index in [1.807, 2.05) is 13.8 Å². The van der Waals surface area contributed by atoms with Crippen molar-refractivity contribution in [3.63, 3.8) is 0 Å². The van der Waals surface area contributed by atoms with E-state index < -0.39 is 12.0 Å². The molecule has 0 unspecified atom stereocenters. The summed E-state index contributed by atoms with van der Waals surface area (Å²) in [6, 6.07) is 5.72. The molecule has 1 aromatic rings. The number of hydrogen-bond donors (Lipinski definition) is 1. The van der Waals surface area contributed by atoms with E-state index in [4.69, 9.17) is 0 Å². The molecule has 0 fully saturated rings. The molecule has 0 aliphatic carbocycles. The minimum Gasteiger partial charge on any atom is -0.480 e. The second kappa shape index (κ2) is 5.21. The molecule has 0 spiro atoms. The number of carbonyl (C=O) groups is 1. The Labute approximate surface area is 127 Å². The first-order valence-electron chi connectivity index (χ1n) is 7.48. The monoisotopic (exact) mass is 287 g/mol. The fourth-order valence-corrected chi connectivity index (χ4v) is 3.37. The third-order valence-corrected chi connectivity index (χ3v) is 4.19. The molecule has 1 heterocycles. The van der Waals surface area contributed by atoms with Gasteiger partial charge in [-0.15, -0.1) is 0 Å². The van der Waals surface area contributed by atoms with Gasteiger partial charge in [-0.2, -0.15) is 0 Å². The van der Waals surface area contributed by atoms with Gasteiger partial charge in [0.1, 0.15) is 6.04 Å². The van der Waals surface area contributed by atoms with Crippen molar-refractivity contribution in [1.29, 1.82) is 0 Å². The molecule has 1 aromatic carbocycles. The Balaban J connectivity index is 2.67. The second-order valence-corrected chi connectivity index (χ2v) is 6.90. The molecule has 0 bridgehead atoms. The zero-order valence-corrected chi connectivity index (χ0v) is 13.8. The first kappa shape index (κ1) is 15.6. The minimum atomic E-state index is -0.766. The van der Waals surface area contributed by atoms with Crippen LogP contribution in [0.4, 0.5) is 5.69 Å². The first-order valence-corrected chi connectivity index (χ1v) is 7.48. The average molecular weight is 287 g/mol. The fraction of sp³-hybridized carbons (Fsp3) is 0.500. The lowest BCUT2D eigenvalue weighted by atomic mass is 9.84. The lowest BCUT2D eigenvalue weighted by Crippen LogP contribution is -2.56. The second-order valence-electron chi connectivity index (χ2n) is 6.90. The third-order valence-electron chi connectivity index (χ3n) is 4.19. The highest BCUT2D eigenvalue weighted by atomic mass is 16.4. The summed E-state index contributed by atoms with van der Waals surface area (Å²) in [5, 5.41) is 9.71. The Morgan fingerprint density at radius 3 is 2.38 bits per heavy atom. The summed E-state index contributed by atoms with van der Waals surface area (Å²) >= 11 is 0. The number of carboxylic acids is 1. The number of benzene rings is 1. The molecule has 3 heteroatoms. The number of allylic oxidation sites excluding steroid dienone is 1. The zero-order chi connectivity index (χ0) is 15.9. The highest BCUT2D eigenvalue weighted by Gasteiger charge is 2.40. The van der Waals surface area contributed by atoms with Crippen LogP contribution in [0.2, 0.25) is 0 Å². The van der Waals surface area contributed by atoms with Crippen LogP contribution < -0.4 is 4.90 Å². The number of carboxylic acid groups (broad SMARTS) is 1. The van der Waals surface area contributed by atoms with Crippen LogP contribution in [0.15, 0.2) is 24.3 Å². The van der Waals surface area contributed by atoms with Crippen LogP contribution in [0.1, 0.15) is 45.7 Å². The van der Waals surface area contributed by atoms with Crippen molar-refractivity contribution < 1.29 is 9.90 Å². The Hall–Kier alpha value is -1.77. The van der Waals surface area contributed by atoms with Crippen LogP contribution in [-0.2, 0) is 4.79 Å². The van der Waals surface area contributed by atoms with Gasteiger partial charge in [-0.25, -0.2) is 4.79 Å². The van der Waals surface area contributed by atoms with Crippen molar-refractivity contribution >= 4 is 17.2 Å². The molecule has 114 valence electrons. The van der Waals surface area contributed by atoms with Gasteiger partial charge in [-0.1, -0.05) is 31.6 Å². The molecule has 1 aliphatic rings. The number of rotatable bonds is 3. The summed E-state index contributed by atoms with van der Waals surface area (Å²) < 4.78 is 0. The molecular weight excluding hydrogens is 262 g/mol. The van der Waals surface area contributed by atoms with Crippen molar-refractivity contribution in [3.8, 4) is 0 Å². The quantitative estimate of drug-likeness (QED) is 0.909. The minimum absolute atomic E-state index is 0.0303. The van der Waals surface area contributed by atoms with Crippen LogP contribution in [0.25, 0.3) is 5.57 Å². The van der Waals surface area contributed by atoms with E-state index in [1.165, 1.54) is 11.1 Å². The molecule has 1 atom stereocenters. The first-order chi connectivity index (χ1) is 9.65. The molecule has 21 heavy (non-hydrogen) atoms. The number of aliphatic carboxylic acids is 1. The van der Waals surface area contributed by atoms with E-state index in [0.717, 1.165) is 11.3 Å². The van der Waals surface area contributed by atoms with Gasteiger partial charge >= 0.3 is 5.97 Å². The van der Waals surface area contributed by atoms with Gasteiger partial charge in [0.15, 0.2) is 0 Å². The van der Waals surface area contributed by atoms with Crippen LogP contribution in [0, 0.1) is 12.8 Å². The molecule has 0 saturated carbocycles. The molecule has 0 aromatic heterocycles. The van der Waals surface area contributed by atoms with E-state index in [2.05, 4.69) is 56.9 Å². The number of aryl methyl sites for hydroxylation is 1. The van der Waals surface area contributed by atoms with Gasteiger partial charge in [-0.3, -0.25) is 0 Å². The summed E-state index contributed by atoms with van der Waals surface area (Å²) in [5.41, 5.74) is 4.24. The number of nitrogens with zero attached hydrogens (tertiary/aromatic N) is 1. The maximum Gasteiger partial charge on any atom is 0.326 e. The molecular formula is C18H25NO2. The topological polar surface area (TPSA) is 40.5 Å². The average Bonchev–Trinajstić information content (AvgIpc) is 2.33. The van der Waals surface area contributed by atoms with Crippen molar-refractivity contribution in [2.75, 3.05) is 4.90 Å². The third kappa shape index (κ3) is 2.69. The van der Waals surface area contributed by atoms with Crippen LogP contribution in [-0.4, -0.2) is 22.7 Å². The lowest BCUT2D eigenvalue weighted by Gasteiger charge is -2.47. The van der Waals surface area contributed by atoms with Gasteiger partial charge in [0, 0.05) is 11.3 Å². The number of anilines is 1. The highest BCUT2D eigenvalue weighted by Crippen LogP contribution is 2.41. The summed E-state index contributed by atoms with van der Waals surface area (Å²) in [6.45, 7) is 12.3. The van der Waals surface area contributed by atoms with Gasteiger partial charge in [-0.05, 0) is 51.3 Å². The van der Waals surface area contributed by atoms with E-state index >= 15 is 0 Å². The Bertz CT molecular complexity index is 599. The summed E-state index contributed by atoms with van der Waals surface area (Å²) in [7, 11) is 0. The molecule has 0 radical (unpaired) electrons. The highest BCUT2D eigenvalue weighted by molar-refractivity contribution is 5.87. The molecule has 0 amide bonds. The van der Waals surface area contributed by atoms with Crippen molar-refractivity contribution in [3.05, 3.63) is 35.4 Å². The van der Waals surface area contributed by atoms with Crippen LogP contribution in [0.3, 0.4) is 0 Å². The molecule has 3 nitrogen and oxygen atoms in total. The predicted octanol–water partition coefficient (Wildman–Crippen LogP) is 4.11. The Morgan fingerprint density at radius 2 is 1.86 bits per heavy atom. The predicted molar refractivity (Wildman–Crippen MR) is 87.6 cm³/mol. The van der Waals surface area contributed by atoms with E-state index in [1.54, 1.807) is 0 Å². The maximum atomic E-state index is 11.8. The van der Waals surface area contributed by atoms with E-state index in [-0.39, 0.29) is 11.5 Å². The normalized spacial score (nSPS) is 18.2. The van der Waals surface area contributed by atoms with Gasteiger partial charge in [0.05, 0.1) is 5.54 Å². The lowest BCUT2D eigenvalue weighted by molar-refractivity contribution is -0.140. The summed E-state index contributed by atoms with van der Waals surface area (Å²) in [5.74, 6) is -0.736. The molecule has 1 N–H and O–H groups in total. The standard InChI is InChI=1S/C18H25NO2/c1-11(2)16(17(20)21)19-15-8-7-12(3)9-14(15)13(4)10-18(19,5)6/h7-11,16H,1-6H3,(H,20,21)/t16-/m0/s1. The van der Waals surface area contributed by atoms with Crippen LogP contribution in [0.5, 0.6) is 0 Å². The van der Waals surface area contributed by atoms with E-state index in [0.29, 0.717) is 0 Å². The smallest absolute Gasteiger partial charge is 0.326 e. The molecule has 0 saturated heterocycles. The van der Waals surface area contributed by atoms with Crippen molar-refractivity contribution in [2.45, 2.75) is 53.1 Å². The molecule has 2 rings (SSSR count). The van der Waals surface area contributed by atoms with Crippen molar-refractivity contribution in [1.82, 2.24) is 0 Å². The summed E-state index contributed by atoms with van der Waals surface area (Å²) in [6.07, 6.45) is 2.17. The van der Waals surface area contributed by atoms with Gasteiger partial charge < -0.3 is 10.0 Å². The number of hydrogen-bond acceptors (Lipinski definition) is 2. The largest absolute Gasteiger partial charge is 0.480 e. The van der Waals surface area contributed by atoms with Gasteiger partial charge in [0.25, 0.3) is 0 Å². The molecule has 1 aliphatic heterocycles. The maximum absolute atomic E-state index is 11.8. The zero-order valence-electron chi connectivity index (χ0n) is 13.8.